The number of rotatable bonds is 5. The Labute approximate surface area is 97.0 Å². The highest BCUT2D eigenvalue weighted by atomic mass is 32.2. The van der Waals surface area contributed by atoms with Crippen LogP contribution in [0.5, 0.6) is 0 Å². The highest BCUT2D eigenvalue weighted by Crippen LogP contribution is 2.18. The van der Waals surface area contributed by atoms with Crippen LogP contribution in [0.15, 0.2) is 0 Å². The van der Waals surface area contributed by atoms with Crippen LogP contribution in [0.2, 0.25) is 0 Å². The third kappa shape index (κ3) is 4.43. The summed E-state index contributed by atoms with van der Waals surface area (Å²) in [6.45, 7) is 7.94. The van der Waals surface area contributed by atoms with Crippen molar-refractivity contribution in [3.63, 3.8) is 0 Å². The Bertz CT molecular complexity index is 189. The third-order valence-corrected chi connectivity index (χ3v) is 4.10. The van der Waals surface area contributed by atoms with Crippen LogP contribution in [0.1, 0.15) is 26.7 Å². The number of nitrogens with one attached hydrogen (secondary N) is 1. The van der Waals surface area contributed by atoms with Crippen LogP contribution in [0, 0.1) is 0 Å². The lowest BCUT2D eigenvalue weighted by atomic mass is 10.2. The Kier molecular flexibility index (Phi) is 6.10. The van der Waals surface area contributed by atoms with Gasteiger partial charge in [-0.2, -0.15) is 0 Å². The van der Waals surface area contributed by atoms with Gasteiger partial charge in [0.05, 0.1) is 5.75 Å². The van der Waals surface area contributed by atoms with Gasteiger partial charge in [0.15, 0.2) is 0 Å². The quantitative estimate of drug-likeness (QED) is 0.773. The Hall–Kier alpha value is -0.220. The predicted molar refractivity (Wildman–Crippen MR) is 66.3 cm³/mol. The lowest BCUT2D eigenvalue weighted by Gasteiger charge is -2.24. The van der Waals surface area contributed by atoms with E-state index in [9.17, 15) is 4.79 Å². The van der Waals surface area contributed by atoms with Crippen molar-refractivity contribution in [3.05, 3.63) is 0 Å². The van der Waals surface area contributed by atoms with Crippen molar-refractivity contribution in [1.82, 2.24) is 10.2 Å². The molecule has 3 nitrogen and oxygen atoms in total. The molecule has 1 saturated heterocycles. The molecule has 0 spiro atoms. The molecule has 1 fully saturated rings. The first-order chi connectivity index (χ1) is 7.27. The SMILES string of the molecule is CCN(CC)C(=O)CSC1CCCNC1. The molecule has 1 heterocycles. The second-order valence-corrected chi connectivity index (χ2v) is 5.13. The Morgan fingerprint density at radius 1 is 1.47 bits per heavy atom. The maximum absolute atomic E-state index is 11.7. The maximum Gasteiger partial charge on any atom is 0.232 e. The molecule has 1 N–H and O–H groups in total. The number of amides is 1. The highest BCUT2D eigenvalue weighted by molar-refractivity contribution is 8.00. The van der Waals surface area contributed by atoms with E-state index in [1.54, 1.807) is 0 Å². The molecular weight excluding hydrogens is 208 g/mol. The second kappa shape index (κ2) is 7.12. The summed E-state index contributed by atoms with van der Waals surface area (Å²) in [4.78, 5) is 13.6. The number of hydrogen-bond acceptors (Lipinski definition) is 3. The summed E-state index contributed by atoms with van der Waals surface area (Å²) in [6, 6.07) is 0. The van der Waals surface area contributed by atoms with Gasteiger partial charge in [-0.25, -0.2) is 0 Å². The number of thioether (sulfide) groups is 1. The first-order valence-corrected chi connectivity index (χ1v) is 6.92. The summed E-state index contributed by atoms with van der Waals surface area (Å²) >= 11 is 1.81. The molecule has 1 amide bonds. The summed E-state index contributed by atoms with van der Waals surface area (Å²) in [6.07, 6.45) is 2.50. The van der Waals surface area contributed by atoms with Gasteiger partial charge in [0.2, 0.25) is 5.91 Å². The number of nitrogens with zero attached hydrogens (tertiary/aromatic N) is 1. The van der Waals surface area contributed by atoms with Crippen molar-refractivity contribution >= 4 is 17.7 Å². The molecule has 4 heteroatoms. The Morgan fingerprint density at radius 3 is 2.73 bits per heavy atom. The smallest absolute Gasteiger partial charge is 0.232 e. The molecule has 88 valence electrons. The van der Waals surface area contributed by atoms with Crippen LogP contribution >= 0.6 is 11.8 Å². The standard InChI is InChI=1S/C11H22N2OS/c1-3-13(4-2)11(14)9-15-10-6-5-7-12-8-10/h10,12H,3-9H2,1-2H3. The van der Waals surface area contributed by atoms with E-state index in [-0.39, 0.29) is 5.91 Å². The molecule has 0 radical (unpaired) electrons. The predicted octanol–water partition coefficient (Wildman–Crippen LogP) is 1.34. The van der Waals surface area contributed by atoms with Crippen LogP contribution < -0.4 is 5.32 Å². The summed E-state index contributed by atoms with van der Waals surface area (Å²) < 4.78 is 0. The van der Waals surface area contributed by atoms with Crippen LogP contribution in [0.4, 0.5) is 0 Å². The molecule has 0 bridgehead atoms. The molecule has 0 aliphatic carbocycles. The molecule has 15 heavy (non-hydrogen) atoms. The van der Waals surface area contributed by atoms with E-state index in [1.165, 1.54) is 12.8 Å². The summed E-state index contributed by atoms with van der Waals surface area (Å²) in [5.41, 5.74) is 0. The highest BCUT2D eigenvalue weighted by Gasteiger charge is 2.16. The van der Waals surface area contributed by atoms with Gasteiger partial charge in [0, 0.05) is 24.9 Å². The fourth-order valence-electron chi connectivity index (χ4n) is 1.82. The molecule has 1 rings (SSSR count). The molecule has 1 aliphatic rings. The van der Waals surface area contributed by atoms with E-state index in [4.69, 9.17) is 0 Å². The minimum absolute atomic E-state index is 0.288. The van der Waals surface area contributed by atoms with Crippen LogP contribution in [0.3, 0.4) is 0 Å². The van der Waals surface area contributed by atoms with E-state index in [0.717, 1.165) is 26.2 Å². The van der Waals surface area contributed by atoms with Gasteiger partial charge in [-0.15, -0.1) is 11.8 Å². The van der Waals surface area contributed by atoms with Crippen molar-refractivity contribution in [1.29, 1.82) is 0 Å². The van der Waals surface area contributed by atoms with Gasteiger partial charge >= 0.3 is 0 Å². The van der Waals surface area contributed by atoms with Crippen molar-refractivity contribution in [2.45, 2.75) is 31.9 Å². The lowest BCUT2D eigenvalue weighted by Crippen LogP contribution is -2.35. The first kappa shape index (κ1) is 12.8. The van der Waals surface area contributed by atoms with E-state index >= 15 is 0 Å². The normalized spacial score (nSPS) is 21.3. The Morgan fingerprint density at radius 2 is 2.20 bits per heavy atom. The monoisotopic (exact) mass is 230 g/mol. The second-order valence-electron chi connectivity index (χ2n) is 3.85. The molecule has 0 aromatic heterocycles. The molecule has 0 aromatic carbocycles. The zero-order chi connectivity index (χ0) is 11.1. The zero-order valence-corrected chi connectivity index (χ0v) is 10.6. The minimum Gasteiger partial charge on any atom is -0.343 e. The van der Waals surface area contributed by atoms with E-state index in [0.29, 0.717) is 11.0 Å². The van der Waals surface area contributed by atoms with Gasteiger partial charge in [0.25, 0.3) is 0 Å². The lowest BCUT2D eigenvalue weighted by molar-refractivity contribution is -0.127. The van der Waals surface area contributed by atoms with Crippen molar-refractivity contribution in [2.24, 2.45) is 0 Å². The van der Waals surface area contributed by atoms with Crippen LogP contribution in [0.25, 0.3) is 0 Å². The van der Waals surface area contributed by atoms with Crippen molar-refractivity contribution in [3.8, 4) is 0 Å². The van der Waals surface area contributed by atoms with Gasteiger partial charge in [-0.1, -0.05) is 0 Å². The van der Waals surface area contributed by atoms with E-state index in [2.05, 4.69) is 5.32 Å². The van der Waals surface area contributed by atoms with Gasteiger partial charge in [-0.3, -0.25) is 4.79 Å². The van der Waals surface area contributed by atoms with Crippen molar-refractivity contribution in [2.75, 3.05) is 31.9 Å². The summed E-state index contributed by atoms with van der Waals surface area (Å²) in [5, 5.41) is 4.01. The molecular formula is C11H22N2OS. The third-order valence-electron chi connectivity index (χ3n) is 2.81. The van der Waals surface area contributed by atoms with Gasteiger partial charge < -0.3 is 10.2 Å². The number of carbonyl (C=O) groups is 1. The fraction of sp³-hybridized carbons (Fsp3) is 0.909. The van der Waals surface area contributed by atoms with Crippen LogP contribution in [-0.4, -0.2) is 48.0 Å². The van der Waals surface area contributed by atoms with E-state index in [1.807, 2.05) is 30.5 Å². The number of hydrogen-bond donors (Lipinski definition) is 1. The molecule has 1 unspecified atom stereocenters. The molecule has 1 atom stereocenters. The van der Waals surface area contributed by atoms with Gasteiger partial charge in [-0.05, 0) is 33.2 Å². The largest absolute Gasteiger partial charge is 0.343 e. The number of piperidine rings is 1. The number of carbonyl (C=O) groups excluding carboxylic acids is 1. The van der Waals surface area contributed by atoms with E-state index < -0.39 is 0 Å². The first-order valence-electron chi connectivity index (χ1n) is 5.88. The maximum atomic E-state index is 11.7. The Balaban J connectivity index is 2.20. The molecule has 1 aliphatic heterocycles. The molecule has 0 aromatic rings. The van der Waals surface area contributed by atoms with Crippen molar-refractivity contribution < 1.29 is 4.79 Å². The summed E-state index contributed by atoms with van der Waals surface area (Å²) in [7, 11) is 0. The summed E-state index contributed by atoms with van der Waals surface area (Å²) in [5.74, 6) is 0.934. The average Bonchev–Trinajstić information content (AvgIpc) is 2.29. The van der Waals surface area contributed by atoms with Crippen LogP contribution in [-0.2, 0) is 4.79 Å². The fourth-order valence-corrected chi connectivity index (χ4v) is 2.95. The molecule has 0 saturated carbocycles. The zero-order valence-electron chi connectivity index (χ0n) is 9.79. The van der Waals surface area contributed by atoms with Gasteiger partial charge in [0.1, 0.15) is 0 Å². The topological polar surface area (TPSA) is 32.3 Å². The average molecular weight is 230 g/mol. The minimum atomic E-state index is 0.288.